The lowest BCUT2D eigenvalue weighted by Crippen LogP contribution is -2.50. The van der Waals surface area contributed by atoms with Crippen molar-refractivity contribution in [2.75, 3.05) is 26.2 Å². The van der Waals surface area contributed by atoms with Crippen molar-refractivity contribution in [3.8, 4) is 5.69 Å². The highest BCUT2D eigenvalue weighted by molar-refractivity contribution is 7.89. The first kappa shape index (κ1) is 23.2. The van der Waals surface area contributed by atoms with E-state index >= 15 is 0 Å². The van der Waals surface area contributed by atoms with E-state index in [0.29, 0.717) is 23.5 Å². The van der Waals surface area contributed by atoms with Crippen LogP contribution in [0, 0.1) is 34.6 Å². The highest BCUT2D eigenvalue weighted by Crippen LogP contribution is 2.32. The number of hydrogen-bond acceptors (Lipinski definition) is 4. The number of nitrogens with zero attached hydrogens (tertiary/aromatic N) is 4. The molecule has 2 aromatic carbocycles. The van der Waals surface area contributed by atoms with Crippen LogP contribution in [0.15, 0.2) is 47.6 Å². The average Bonchev–Trinajstić information content (AvgIpc) is 3.36. The molecule has 0 N–H and O–H groups in total. The van der Waals surface area contributed by atoms with Crippen LogP contribution in [0.3, 0.4) is 0 Å². The molecule has 4 rings (SSSR count). The van der Waals surface area contributed by atoms with Crippen molar-refractivity contribution < 1.29 is 13.2 Å². The van der Waals surface area contributed by atoms with Crippen molar-refractivity contribution in [1.82, 2.24) is 19.0 Å². The molecular weight excluding hydrogens is 436 g/mol. The second kappa shape index (κ2) is 8.76. The fraction of sp³-hybridized carbons (Fsp3) is 0.360. The molecule has 1 saturated heterocycles. The quantitative estimate of drug-likeness (QED) is 0.589. The number of rotatable bonds is 4. The van der Waals surface area contributed by atoms with Crippen LogP contribution < -0.4 is 0 Å². The van der Waals surface area contributed by atoms with Crippen LogP contribution in [0.4, 0.5) is 0 Å². The first-order chi connectivity index (χ1) is 15.6. The van der Waals surface area contributed by atoms with Crippen LogP contribution in [-0.2, 0) is 10.0 Å². The Labute approximate surface area is 195 Å². The monoisotopic (exact) mass is 466 g/mol. The fourth-order valence-electron chi connectivity index (χ4n) is 4.47. The van der Waals surface area contributed by atoms with E-state index in [9.17, 15) is 13.2 Å². The van der Waals surface area contributed by atoms with E-state index in [1.807, 2.05) is 59.0 Å². The van der Waals surface area contributed by atoms with E-state index in [2.05, 4.69) is 5.10 Å². The smallest absolute Gasteiger partial charge is 0.253 e. The Hall–Kier alpha value is -2.97. The van der Waals surface area contributed by atoms with Crippen molar-refractivity contribution in [2.45, 2.75) is 39.5 Å². The maximum Gasteiger partial charge on any atom is 0.253 e. The third-order valence-corrected chi connectivity index (χ3v) is 9.11. The first-order valence-corrected chi connectivity index (χ1v) is 12.5. The van der Waals surface area contributed by atoms with E-state index < -0.39 is 10.0 Å². The number of hydrogen-bond donors (Lipinski definition) is 0. The molecular formula is C25H30N4O3S. The number of aromatic nitrogens is 2. The van der Waals surface area contributed by atoms with Gasteiger partial charge in [-0.05, 0) is 92.8 Å². The molecule has 1 aliphatic heterocycles. The minimum atomic E-state index is -3.64. The number of sulfonamides is 1. The number of carbonyl (C=O) groups is 1. The Balaban J connectivity index is 1.49. The van der Waals surface area contributed by atoms with E-state index in [1.54, 1.807) is 27.9 Å². The summed E-state index contributed by atoms with van der Waals surface area (Å²) >= 11 is 0. The molecule has 1 aromatic heterocycles. The fourth-order valence-corrected chi connectivity index (χ4v) is 6.46. The molecule has 174 valence electrons. The molecule has 1 aliphatic rings. The number of amides is 1. The molecule has 33 heavy (non-hydrogen) atoms. The Morgan fingerprint density at radius 2 is 1.36 bits per heavy atom. The van der Waals surface area contributed by atoms with Crippen molar-refractivity contribution in [3.63, 3.8) is 0 Å². The van der Waals surface area contributed by atoms with E-state index in [4.69, 9.17) is 0 Å². The van der Waals surface area contributed by atoms with Crippen LogP contribution in [0.1, 0.15) is 38.2 Å². The minimum absolute atomic E-state index is 0.0894. The van der Waals surface area contributed by atoms with Crippen molar-refractivity contribution in [1.29, 1.82) is 0 Å². The number of piperazine rings is 1. The largest absolute Gasteiger partial charge is 0.336 e. The van der Waals surface area contributed by atoms with Gasteiger partial charge >= 0.3 is 0 Å². The normalized spacial score (nSPS) is 15.1. The molecule has 2 heterocycles. The molecule has 1 fully saturated rings. The summed E-state index contributed by atoms with van der Waals surface area (Å²) in [5, 5.41) is 4.19. The SMILES string of the molecule is Cc1c(C)c(C)c(S(=O)(=O)N2CCN(C(=O)c3ccc(-n4cccn4)cc3)CC2)c(C)c1C. The maximum atomic E-state index is 13.6. The molecule has 0 aliphatic carbocycles. The van der Waals surface area contributed by atoms with E-state index in [-0.39, 0.29) is 19.0 Å². The number of carbonyl (C=O) groups excluding carboxylic acids is 1. The van der Waals surface area contributed by atoms with E-state index in [1.165, 1.54) is 4.31 Å². The molecule has 0 spiro atoms. The molecule has 0 bridgehead atoms. The maximum absolute atomic E-state index is 13.6. The summed E-state index contributed by atoms with van der Waals surface area (Å²) in [7, 11) is -3.64. The van der Waals surface area contributed by atoms with Gasteiger partial charge in [-0.1, -0.05) is 0 Å². The third kappa shape index (κ3) is 4.09. The van der Waals surface area contributed by atoms with Gasteiger partial charge in [0.25, 0.3) is 5.91 Å². The van der Waals surface area contributed by atoms with Crippen LogP contribution >= 0.6 is 0 Å². The second-order valence-corrected chi connectivity index (χ2v) is 10.5. The van der Waals surface area contributed by atoms with Gasteiger partial charge in [0, 0.05) is 44.1 Å². The molecule has 7 nitrogen and oxygen atoms in total. The Morgan fingerprint density at radius 3 is 1.88 bits per heavy atom. The molecule has 8 heteroatoms. The minimum Gasteiger partial charge on any atom is -0.336 e. The molecule has 3 aromatic rings. The lowest BCUT2D eigenvalue weighted by atomic mass is 9.95. The Kier molecular flexibility index (Phi) is 6.16. The Bertz CT molecular complexity index is 1260. The van der Waals surface area contributed by atoms with Crippen molar-refractivity contribution >= 4 is 15.9 Å². The van der Waals surface area contributed by atoms with Crippen LogP contribution in [0.5, 0.6) is 0 Å². The van der Waals surface area contributed by atoms with Gasteiger partial charge in [0.15, 0.2) is 0 Å². The first-order valence-electron chi connectivity index (χ1n) is 11.1. The summed E-state index contributed by atoms with van der Waals surface area (Å²) in [6.45, 7) is 11.0. The average molecular weight is 467 g/mol. The zero-order chi connectivity index (χ0) is 23.9. The van der Waals surface area contributed by atoms with Gasteiger partial charge in [-0.3, -0.25) is 4.79 Å². The van der Waals surface area contributed by atoms with Gasteiger partial charge in [0.05, 0.1) is 10.6 Å². The zero-order valence-corrected chi connectivity index (χ0v) is 20.6. The van der Waals surface area contributed by atoms with Gasteiger partial charge in [-0.2, -0.15) is 9.40 Å². The second-order valence-electron chi connectivity index (χ2n) is 8.65. The highest BCUT2D eigenvalue weighted by atomic mass is 32.2. The van der Waals surface area contributed by atoms with Gasteiger partial charge in [0.1, 0.15) is 0 Å². The number of benzene rings is 2. The summed E-state index contributed by atoms with van der Waals surface area (Å²) in [6, 6.07) is 9.12. The molecule has 1 amide bonds. The molecule has 0 saturated carbocycles. The summed E-state index contributed by atoms with van der Waals surface area (Å²) in [4.78, 5) is 15.1. The zero-order valence-electron chi connectivity index (χ0n) is 19.8. The predicted octanol–water partition coefficient (Wildman–Crippen LogP) is 3.56. The molecule has 0 radical (unpaired) electrons. The molecule has 0 unspecified atom stereocenters. The topological polar surface area (TPSA) is 75.5 Å². The summed E-state index contributed by atoms with van der Waals surface area (Å²) in [5.74, 6) is -0.0894. The van der Waals surface area contributed by atoms with Gasteiger partial charge in [0.2, 0.25) is 10.0 Å². The lowest BCUT2D eigenvalue weighted by molar-refractivity contribution is 0.0698. The molecule has 0 atom stereocenters. The van der Waals surface area contributed by atoms with Crippen molar-refractivity contribution in [3.05, 3.63) is 76.1 Å². The van der Waals surface area contributed by atoms with E-state index in [0.717, 1.165) is 33.5 Å². The summed E-state index contributed by atoms with van der Waals surface area (Å²) in [6.07, 6.45) is 3.55. The van der Waals surface area contributed by atoms with Gasteiger partial charge in [-0.25, -0.2) is 13.1 Å². The predicted molar refractivity (Wildman–Crippen MR) is 128 cm³/mol. The standard InChI is InChI=1S/C25H30N4O3S/c1-17-18(2)20(4)24(21(5)19(17)3)33(31,32)28-15-13-27(14-16-28)25(30)22-7-9-23(10-8-22)29-12-6-11-26-29/h6-12H,13-16H2,1-5H3. The van der Waals surface area contributed by atoms with Crippen LogP contribution in [-0.4, -0.2) is 59.5 Å². The third-order valence-electron chi connectivity index (χ3n) is 6.94. The van der Waals surface area contributed by atoms with Crippen LogP contribution in [0.2, 0.25) is 0 Å². The highest BCUT2D eigenvalue weighted by Gasteiger charge is 2.33. The summed E-state index contributed by atoms with van der Waals surface area (Å²) in [5.41, 5.74) is 6.25. The van der Waals surface area contributed by atoms with Crippen molar-refractivity contribution in [2.24, 2.45) is 0 Å². The van der Waals surface area contributed by atoms with Gasteiger partial charge < -0.3 is 4.90 Å². The van der Waals surface area contributed by atoms with Gasteiger partial charge in [-0.15, -0.1) is 0 Å². The lowest BCUT2D eigenvalue weighted by Gasteiger charge is -2.35. The summed E-state index contributed by atoms with van der Waals surface area (Å²) < 4.78 is 30.4. The van der Waals surface area contributed by atoms with Crippen LogP contribution in [0.25, 0.3) is 5.69 Å². The Morgan fingerprint density at radius 1 is 0.818 bits per heavy atom.